The highest BCUT2D eigenvalue weighted by Crippen LogP contribution is 2.07. The van der Waals surface area contributed by atoms with E-state index in [4.69, 9.17) is 0 Å². The number of rotatable bonds is 6. The molecular weight excluding hydrogens is 322 g/mol. The van der Waals surface area contributed by atoms with Crippen molar-refractivity contribution in [2.24, 2.45) is 0 Å². The molecule has 1 amide bonds. The molecule has 8 nitrogen and oxygen atoms in total. The first-order valence-corrected chi connectivity index (χ1v) is 8.69. The first-order chi connectivity index (χ1) is 12.1. The van der Waals surface area contributed by atoms with Crippen molar-refractivity contribution < 1.29 is 4.79 Å². The van der Waals surface area contributed by atoms with Gasteiger partial charge in [-0.2, -0.15) is 0 Å². The number of hydrogen-bond donors (Lipinski definition) is 1. The number of nitrogens with zero attached hydrogens (tertiary/aromatic N) is 4. The average molecular weight is 345 g/mol. The molecule has 1 fully saturated rings. The van der Waals surface area contributed by atoms with Crippen molar-refractivity contribution >= 4 is 17.1 Å². The number of hydrogen-bond acceptors (Lipinski definition) is 5. The van der Waals surface area contributed by atoms with Crippen molar-refractivity contribution in [1.29, 1.82) is 0 Å². The van der Waals surface area contributed by atoms with Crippen LogP contribution in [0, 0.1) is 0 Å². The largest absolute Gasteiger partial charge is 0.353 e. The summed E-state index contributed by atoms with van der Waals surface area (Å²) in [4.78, 5) is 43.4. The van der Waals surface area contributed by atoms with E-state index in [1.54, 1.807) is 25.3 Å². The van der Waals surface area contributed by atoms with Gasteiger partial charge in [-0.25, -0.2) is 4.98 Å². The summed E-state index contributed by atoms with van der Waals surface area (Å²) in [6.07, 6.45) is 3.98. The second-order valence-corrected chi connectivity index (χ2v) is 6.19. The standard InChI is InChI=1S/C17H23N5O3/c1-2-21-15-13(6-5-7-19-15)22(17(25)16(21)24)12-14(23)18-8-11-20-9-3-4-10-20/h5-7H,2-4,8-12H2,1H3,(H,18,23). The summed E-state index contributed by atoms with van der Waals surface area (Å²) in [5.74, 6) is -0.278. The van der Waals surface area contributed by atoms with Crippen LogP contribution < -0.4 is 16.4 Å². The predicted molar refractivity (Wildman–Crippen MR) is 94.6 cm³/mol. The number of aryl methyl sites for hydroxylation is 1. The fourth-order valence-corrected chi connectivity index (χ4v) is 3.25. The molecule has 0 radical (unpaired) electrons. The molecule has 0 bridgehead atoms. The number of amides is 1. The highest BCUT2D eigenvalue weighted by atomic mass is 16.2. The van der Waals surface area contributed by atoms with Crippen LogP contribution in [0.5, 0.6) is 0 Å². The highest BCUT2D eigenvalue weighted by Gasteiger charge is 2.16. The van der Waals surface area contributed by atoms with Gasteiger partial charge in [0.2, 0.25) is 5.91 Å². The summed E-state index contributed by atoms with van der Waals surface area (Å²) < 4.78 is 2.54. The number of likely N-dealkylation sites (tertiary alicyclic amines) is 1. The van der Waals surface area contributed by atoms with Gasteiger partial charge >= 0.3 is 11.1 Å². The van der Waals surface area contributed by atoms with Gasteiger partial charge in [-0.15, -0.1) is 0 Å². The average Bonchev–Trinajstić information content (AvgIpc) is 3.13. The molecule has 1 saturated heterocycles. The van der Waals surface area contributed by atoms with E-state index in [0.29, 0.717) is 24.3 Å². The Bertz CT molecular complexity index is 880. The number of carbonyl (C=O) groups is 1. The first kappa shape index (κ1) is 17.3. The van der Waals surface area contributed by atoms with Crippen LogP contribution in [0.25, 0.3) is 11.2 Å². The third-order valence-corrected chi connectivity index (χ3v) is 4.55. The van der Waals surface area contributed by atoms with Crippen LogP contribution in [0.2, 0.25) is 0 Å². The topological polar surface area (TPSA) is 89.2 Å². The molecule has 0 atom stereocenters. The van der Waals surface area contributed by atoms with Crippen molar-refractivity contribution in [1.82, 2.24) is 24.3 Å². The number of pyridine rings is 1. The lowest BCUT2D eigenvalue weighted by atomic mass is 10.3. The third kappa shape index (κ3) is 3.63. The van der Waals surface area contributed by atoms with Crippen LogP contribution in [0.1, 0.15) is 19.8 Å². The maximum atomic E-state index is 12.4. The molecule has 0 saturated carbocycles. The lowest BCUT2D eigenvalue weighted by Crippen LogP contribution is -2.44. The molecule has 25 heavy (non-hydrogen) atoms. The molecule has 2 aromatic heterocycles. The molecule has 0 unspecified atom stereocenters. The van der Waals surface area contributed by atoms with Crippen molar-refractivity contribution in [3.05, 3.63) is 39.0 Å². The Morgan fingerprint density at radius 3 is 2.64 bits per heavy atom. The Balaban J connectivity index is 1.78. The molecule has 8 heteroatoms. The minimum absolute atomic E-state index is 0.180. The molecule has 134 valence electrons. The van der Waals surface area contributed by atoms with Crippen LogP contribution >= 0.6 is 0 Å². The van der Waals surface area contributed by atoms with Gasteiger partial charge in [0, 0.05) is 25.8 Å². The van der Waals surface area contributed by atoms with Crippen molar-refractivity contribution in [3.63, 3.8) is 0 Å². The molecule has 1 aliphatic heterocycles. The summed E-state index contributed by atoms with van der Waals surface area (Å²) >= 11 is 0. The van der Waals surface area contributed by atoms with E-state index < -0.39 is 11.1 Å². The van der Waals surface area contributed by atoms with E-state index in [9.17, 15) is 14.4 Å². The number of nitrogens with one attached hydrogen (secondary N) is 1. The second-order valence-electron chi connectivity index (χ2n) is 6.19. The minimum atomic E-state index is -0.697. The maximum Gasteiger partial charge on any atom is 0.318 e. The van der Waals surface area contributed by atoms with Gasteiger partial charge in [-0.1, -0.05) is 0 Å². The summed E-state index contributed by atoms with van der Waals surface area (Å²) in [5.41, 5.74) is -0.446. The maximum absolute atomic E-state index is 12.4. The molecule has 0 aromatic carbocycles. The van der Waals surface area contributed by atoms with E-state index in [1.165, 1.54) is 22.0 Å². The van der Waals surface area contributed by atoms with E-state index in [2.05, 4.69) is 15.2 Å². The van der Waals surface area contributed by atoms with E-state index in [0.717, 1.165) is 19.6 Å². The molecule has 3 heterocycles. The van der Waals surface area contributed by atoms with Gasteiger partial charge in [0.05, 0.1) is 5.52 Å². The quantitative estimate of drug-likeness (QED) is 0.732. The second kappa shape index (κ2) is 7.60. The monoisotopic (exact) mass is 345 g/mol. The van der Waals surface area contributed by atoms with Crippen molar-refractivity contribution in [2.75, 3.05) is 26.2 Å². The normalized spacial score (nSPS) is 14.9. The third-order valence-electron chi connectivity index (χ3n) is 4.55. The Morgan fingerprint density at radius 2 is 1.92 bits per heavy atom. The van der Waals surface area contributed by atoms with Gasteiger partial charge < -0.3 is 10.2 Å². The fourth-order valence-electron chi connectivity index (χ4n) is 3.25. The van der Waals surface area contributed by atoms with Crippen LogP contribution in [0.4, 0.5) is 0 Å². The molecule has 0 spiro atoms. The van der Waals surface area contributed by atoms with E-state index in [-0.39, 0.29) is 12.5 Å². The Hall–Kier alpha value is -2.48. The zero-order valence-electron chi connectivity index (χ0n) is 14.4. The Labute approximate surface area is 145 Å². The zero-order valence-corrected chi connectivity index (χ0v) is 14.4. The molecule has 0 aliphatic carbocycles. The SMILES string of the molecule is CCn1c(=O)c(=O)n(CC(=O)NCCN2CCCC2)c2cccnc21. The lowest BCUT2D eigenvalue weighted by molar-refractivity contribution is -0.121. The van der Waals surface area contributed by atoms with E-state index >= 15 is 0 Å². The molecular formula is C17H23N5O3. The molecule has 2 aromatic rings. The van der Waals surface area contributed by atoms with Crippen molar-refractivity contribution in [2.45, 2.75) is 32.9 Å². The zero-order chi connectivity index (χ0) is 17.8. The van der Waals surface area contributed by atoms with E-state index in [1.807, 2.05) is 0 Å². The summed E-state index contributed by atoms with van der Waals surface area (Å²) in [6.45, 7) is 5.44. The predicted octanol–water partition coefficient (Wildman–Crippen LogP) is -0.210. The van der Waals surface area contributed by atoms with Crippen molar-refractivity contribution in [3.8, 4) is 0 Å². The molecule has 1 aliphatic rings. The van der Waals surface area contributed by atoms with Gasteiger partial charge in [-0.05, 0) is 45.0 Å². The Morgan fingerprint density at radius 1 is 1.20 bits per heavy atom. The first-order valence-electron chi connectivity index (χ1n) is 8.69. The molecule has 1 N–H and O–H groups in total. The van der Waals surface area contributed by atoms with Gasteiger partial charge in [0.15, 0.2) is 5.65 Å². The minimum Gasteiger partial charge on any atom is -0.353 e. The summed E-state index contributed by atoms with van der Waals surface area (Å²) in [6, 6.07) is 3.39. The number of aromatic nitrogens is 3. The van der Waals surface area contributed by atoms with Crippen LogP contribution in [-0.4, -0.2) is 51.1 Å². The highest BCUT2D eigenvalue weighted by molar-refractivity contribution is 5.78. The van der Waals surface area contributed by atoms with Gasteiger partial charge in [0.1, 0.15) is 6.54 Å². The summed E-state index contributed by atoms with van der Waals surface area (Å²) in [5, 5.41) is 2.83. The number of fused-ring (bicyclic) bond motifs is 1. The van der Waals surface area contributed by atoms with Crippen LogP contribution in [-0.2, 0) is 17.9 Å². The van der Waals surface area contributed by atoms with Gasteiger partial charge in [-0.3, -0.25) is 23.5 Å². The Kier molecular flexibility index (Phi) is 5.28. The van der Waals surface area contributed by atoms with Crippen LogP contribution in [0.3, 0.4) is 0 Å². The number of carbonyl (C=O) groups excluding carboxylic acids is 1. The fraction of sp³-hybridized carbons (Fsp3) is 0.529. The molecule has 3 rings (SSSR count). The smallest absolute Gasteiger partial charge is 0.318 e. The van der Waals surface area contributed by atoms with Crippen LogP contribution in [0.15, 0.2) is 27.9 Å². The lowest BCUT2D eigenvalue weighted by Gasteiger charge is -2.16. The van der Waals surface area contributed by atoms with Gasteiger partial charge in [0.25, 0.3) is 0 Å². The summed E-state index contributed by atoms with van der Waals surface area (Å²) in [7, 11) is 0.